The standard InChI is InChI=1S/C15H22BrN3S/c1-3-7-17-14(10-12-6-5-9-20-12)15-13(16)11-18-19(15)8-4-2/h5-6,9,11,14,17H,3-4,7-8,10H2,1-2H3. The molecule has 0 aliphatic rings. The van der Waals surface area contributed by atoms with E-state index in [2.05, 4.69) is 62.4 Å². The first-order valence-electron chi connectivity index (χ1n) is 7.23. The van der Waals surface area contributed by atoms with Gasteiger partial charge in [0.25, 0.3) is 0 Å². The van der Waals surface area contributed by atoms with Crippen LogP contribution in [0.25, 0.3) is 0 Å². The van der Waals surface area contributed by atoms with E-state index in [1.807, 2.05) is 17.5 Å². The molecule has 0 aliphatic carbocycles. The van der Waals surface area contributed by atoms with Crippen LogP contribution in [-0.2, 0) is 13.0 Å². The van der Waals surface area contributed by atoms with Gasteiger partial charge in [-0.15, -0.1) is 11.3 Å². The monoisotopic (exact) mass is 355 g/mol. The summed E-state index contributed by atoms with van der Waals surface area (Å²) in [4.78, 5) is 1.41. The molecule has 2 heterocycles. The second-order valence-corrected chi connectivity index (χ2v) is 6.78. The molecule has 1 N–H and O–H groups in total. The van der Waals surface area contributed by atoms with Gasteiger partial charge < -0.3 is 5.32 Å². The summed E-state index contributed by atoms with van der Waals surface area (Å²) in [5.41, 5.74) is 1.27. The molecular weight excluding hydrogens is 334 g/mol. The lowest BCUT2D eigenvalue weighted by Gasteiger charge is -2.20. The first kappa shape index (κ1) is 15.7. The molecular formula is C15H22BrN3S. The van der Waals surface area contributed by atoms with Crippen LogP contribution in [-0.4, -0.2) is 16.3 Å². The van der Waals surface area contributed by atoms with Gasteiger partial charge in [-0.25, -0.2) is 0 Å². The Balaban J connectivity index is 2.22. The van der Waals surface area contributed by atoms with Crippen molar-refractivity contribution in [1.82, 2.24) is 15.1 Å². The number of aryl methyl sites for hydroxylation is 1. The van der Waals surface area contributed by atoms with E-state index in [0.717, 1.165) is 36.8 Å². The second-order valence-electron chi connectivity index (χ2n) is 4.89. The molecule has 3 nitrogen and oxygen atoms in total. The quantitative estimate of drug-likeness (QED) is 0.760. The molecule has 0 saturated carbocycles. The van der Waals surface area contributed by atoms with Gasteiger partial charge in [-0.2, -0.15) is 5.10 Å². The topological polar surface area (TPSA) is 29.9 Å². The van der Waals surface area contributed by atoms with Crippen molar-refractivity contribution in [3.63, 3.8) is 0 Å². The maximum Gasteiger partial charge on any atom is 0.0699 e. The van der Waals surface area contributed by atoms with Crippen LogP contribution < -0.4 is 5.32 Å². The SMILES string of the molecule is CCCNC(Cc1cccs1)c1c(Br)cnn1CCC. The number of thiophene rings is 1. The highest BCUT2D eigenvalue weighted by Crippen LogP contribution is 2.27. The van der Waals surface area contributed by atoms with Crippen molar-refractivity contribution in [3.05, 3.63) is 38.8 Å². The molecule has 2 aromatic rings. The zero-order chi connectivity index (χ0) is 14.4. The number of halogens is 1. The summed E-state index contributed by atoms with van der Waals surface area (Å²) in [5, 5.41) is 10.3. The number of hydrogen-bond donors (Lipinski definition) is 1. The molecule has 0 spiro atoms. The fourth-order valence-corrected chi connectivity index (χ4v) is 3.65. The van der Waals surface area contributed by atoms with Crippen molar-refractivity contribution in [2.75, 3.05) is 6.54 Å². The van der Waals surface area contributed by atoms with E-state index in [4.69, 9.17) is 0 Å². The van der Waals surface area contributed by atoms with Gasteiger partial charge in [0.1, 0.15) is 0 Å². The highest BCUT2D eigenvalue weighted by Gasteiger charge is 2.20. The first-order chi connectivity index (χ1) is 9.76. The maximum absolute atomic E-state index is 4.50. The summed E-state index contributed by atoms with van der Waals surface area (Å²) < 4.78 is 3.24. The van der Waals surface area contributed by atoms with Crippen LogP contribution >= 0.6 is 27.3 Å². The fraction of sp³-hybridized carbons (Fsp3) is 0.533. The zero-order valence-electron chi connectivity index (χ0n) is 12.1. The second kappa shape index (κ2) is 7.96. The first-order valence-corrected chi connectivity index (χ1v) is 8.90. The largest absolute Gasteiger partial charge is 0.308 e. The predicted octanol–water partition coefficient (Wildman–Crippen LogP) is 4.40. The third kappa shape index (κ3) is 3.93. The predicted molar refractivity (Wildman–Crippen MR) is 89.3 cm³/mol. The average Bonchev–Trinajstić information content (AvgIpc) is 3.06. The summed E-state index contributed by atoms with van der Waals surface area (Å²) in [5.74, 6) is 0. The third-order valence-electron chi connectivity index (χ3n) is 3.22. The van der Waals surface area contributed by atoms with Crippen LogP contribution in [0.5, 0.6) is 0 Å². The summed E-state index contributed by atoms with van der Waals surface area (Å²) in [7, 11) is 0. The van der Waals surface area contributed by atoms with Gasteiger partial charge in [-0.1, -0.05) is 19.9 Å². The van der Waals surface area contributed by atoms with E-state index in [1.54, 1.807) is 0 Å². The van der Waals surface area contributed by atoms with Crippen molar-refractivity contribution >= 4 is 27.3 Å². The van der Waals surface area contributed by atoms with E-state index < -0.39 is 0 Å². The average molecular weight is 356 g/mol. The van der Waals surface area contributed by atoms with Crippen molar-refractivity contribution in [2.45, 2.75) is 45.7 Å². The molecule has 20 heavy (non-hydrogen) atoms. The molecule has 2 rings (SSSR count). The minimum atomic E-state index is 0.317. The minimum absolute atomic E-state index is 0.317. The Bertz CT molecular complexity index is 507. The molecule has 0 amide bonds. The molecule has 1 atom stereocenters. The van der Waals surface area contributed by atoms with Crippen molar-refractivity contribution in [1.29, 1.82) is 0 Å². The number of nitrogens with one attached hydrogen (secondary N) is 1. The molecule has 0 bridgehead atoms. The molecule has 5 heteroatoms. The van der Waals surface area contributed by atoms with Gasteiger partial charge in [-0.05, 0) is 46.8 Å². The Morgan fingerprint density at radius 3 is 2.90 bits per heavy atom. The smallest absolute Gasteiger partial charge is 0.0699 e. The minimum Gasteiger partial charge on any atom is -0.308 e. The van der Waals surface area contributed by atoms with Gasteiger partial charge in [0.05, 0.1) is 22.4 Å². The van der Waals surface area contributed by atoms with Crippen LogP contribution in [0.1, 0.15) is 43.3 Å². The Labute approximate surface area is 133 Å². The van der Waals surface area contributed by atoms with Crippen molar-refractivity contribution in [3.8, 4) is 0 Å². The summed E-state index contributed by atoms with van der Waals surface area (Å²) in [6, 6.07) is 4.65. The summed E-state index contributed by atoms with van der Waals surface area (Å²) in [6.45, 7) is 6.39. The number of aromatic nitrogens is 2. The van der Waals surface area contributed by atoms with Crippen LogP contribution in [0.2, 0.25) is 0 Å². The molecule has 110 valence electrons. The molecule has 0 radical (unpaired) electrons. The molecule has 2 aromatic heterocycles. The lowest BCUT2D eigenvalue weighted by atomic mass is 10.1. The summed E-state index contributed by atoms with van der Waals surface area (Å²) in [6.07, 6.45) is 5.17. The van der Waals surface area contributed by atoms with Crippen LogP contribution in [0.4, 0.5) is 0 Å². The Morgan fingerprint density at radius 2 is 2.25 bits per heavy atom. The Hall–Kier alpha value is -0.650. The van der Waals surface area contributed by atoms with Crippen LogP contribution in [0, 0.1) is 0 Å². The van der Waals surface area contributed by atoms with Crippen molar-refractivity contribution < 1.29 is 0 Å². The van der Waals surface area contributed by atoms with Crippen molar-refractivity contribution in [2.24, 2.45) is 0 Å². The van der Waals surface area contributed by atoms with E-state index >= 15 is 0 Å². The molecule has 0 aromatic carbocycles. The maximum atomic E-state index is 4.50. The van der Waals surface area contributed by atoms with Gasteiger partial charge in [-0.3, -0.25) is 4.68 Å². The Kier molecular flexibility index (Phi) is 6.26. The highest BCUT2D eigenvalue weighted by molar-refractivity contribution is 9.10. The van der Waals surface area contributed by atoms with Crippen LogP contribution in [0.3, 0.4) is 0 Å². The lowest BCUT2D eigenvalue weighted by Crippen LogP contribution is -2.27. The lowest BCUT2D eigenvalue weighted by molar-refractivity contribution is 0.469. The molecule has 0 saturated heterocycles. The van der Waals surface area contributed by atoms with E-state index in [9.17, 15) is 0 Å². The molecule has 0 fully saturated rings. The zero-order valence-corrected chi connectivity index (χ0v) is 14.5. The number of nitrogens with zero attached hydrogens (tertiary/aromatic N) is 2. The van der Waals surface area contributed by atoms with E-state index in [0.29, 0.717) is 6.04 Å². The normalized spacial score (nSPS) is 12.8. The van der Waals surface area contributed by atoms with Gasteiger partial charge in [0.15, 0.2) is 0 Å². The van der Waals surface area contributed by atoms with Gasteiger partial charge in [0, 0.05) is 17.8 Å². The van der Waals surface area contributed by atoms with E-state index in [1.165, 1.54) is 10.6 Å². The Morgan fingerprint density at radius 1 is 1.40 bits per heavy atom. The fourth-order valence-electron chi connectivity index (χ4n) is 2.32. The molecule has 0 aliphatic heterocycles. The third-order valence-corrected chi connectivity index (χ3v) is 4.73. The number of rotatable bonds is 8. The number of hydrogen-bond acceptors (Lipinski definition) is 3. The highest BCUT2D eigenvalue weighted by atomic mass is 79.9. The van der Waals surface area contributed by atoms with Gasteiger partial charge in [0.2, 0.25) is 0 Å². The summed E-state index contributed by atoms with van der Waals surface area (Å²) >= 11 is 5.49. The van der Waals surface area contributed by atoms with Gasteiger partial charge >= 0.3 is 0 Å². The van der Waals surface area contributed by atoms with Crippen LogP contribution in [0.15, 0.2) is 28.2 Å². The molecule has 1 unspecified atom stereocenters. The van der Waals surface area contributed by atoms with E-state index in [-0.39, 0.29) is 0 Å².